The van der Waals surface area contributed by atoms with Crippen LogP contribution in [-0.2, 0) is 5.41 Å². The summed E-state index contributed by atoms with van der Waals surface area (Å²) in [6.07, 6.45) is 4.82. The predicted octanol–water partition coefficient (Wildman–Crippen LogP) is 2.28. The van der Waals surface area contributed by atoms with E-state index in [0.29, 0.717) is 12.5 Å². The lowest BCUT2D eigenvalue weighted by Crippen LogP contribution is -2.30. The summed E-state index contributed by atoms with van der Waals surface area (Å²) in [5.41, 5.74) is 1.25. The highest BCUT2D eigenvalue weighted by Gasteiger charge is 2.46. The van der Waals surface area contributed by atoms with Crippen LogP contribution in [0.2, 0.25) is 0 Å². The van der Waals surface area contributed by atoms with E-state index in [9.17, 15) is 5.11 Å². The maximum atomic E-state index is 9.57. The van der Waals surface area contributed by atoms with Crippen molar-refractivity contribution in [2.24, 2.45) is 0 Å². The Bertz CT molecular complexity index is 439. The molecule has 1 aromatic rings. The topological polar surface area (TPSA) is 36.4 Å². The molecule has 1 saturated heterocycles. The Morgan fingerprint density at radius 3 is 2.89 bits per heavy atom. The lowest BCUT2D eigenvalue weighted by atomic mass is 9.99. The molecule has 1 aliphatic heterocycles. The van der Waals surface area contributed by atoms with Crippen molar-refractivity contribution >= 4 is 11.3 Å². The number of aromatic nitrogens is 1. The monoisotopic (exact) mass is 266 g/mol. The van der Waals surface area contributed by atoms with Crippen LogP contribution in [0.15, 0.2) is 0 Å². The van der Waals surface area contributed by atoms with Gasteiger partial charge in [0.1, 0.15) is 0 Å². The molecular weight excluding hydrogens is 244 g/mol. The van der Waals surface area contributed by atoms with Gasteiger partial charge in [0, 0.05) is 22.8 Å². The van der Waals surface area contributed by atoms with Crippen LogP contribution in [0.25, 0.3) is 0 Å². The van der Waals surface area contributed by atoms with E-state index in [4.69, 9.17) is 4.98 Å². The summed E-state index contributed by atoms with van der Waals surface area (Å²) in [5.74, 6) is 0.607. The molecule has 4 heteroatoms. The summed E-state index contributed by atoms with van der Waals surface area (Å²) in [6.45, 7) is 4.75. The number of hydrogen-bond acceptors (Lipinski definition) is 4. The van der Waals surface area contributed by atoms with Crippen molar-refractivity contribution in [3.8, 4) is 0 Å². The molecule has 0 radical (unpaired) electrons. The van der Waals surface area contributed by atoms with Crippen molar-refractivity contribution in [3.05, 3.63) is 15.6 Å². The largest absolute Gasteiger partial charge is 0.395 e. The highest BCUT2D eigenvalue weighted by molar-refractivity contribution is 7.12. The molecule has 18 heavy (non-hydrogen) atoms. The van der Waals surface area contributed by atoms with Crippen molar-refractivity contribution in [2.75, 3.05) is 26.7 Å². The Kier molecular flexibility index (Phi) is 3.20. The summed E-state index contributed by atoms with van der Waals surface area (Å²) < 4.78 is 0. The average molecular weight is 266 g/mol. The molecule has 2 fully saturated rings. The lowest BCUT2D eigenvalue weighted by Gasteiger charge is -2.28. The highest BCUT2D eigenvalue weighted by atomic mass is 32.1. The Hall–Kier alpha value is -0.450. The van der Waals surface area contributed by atoms with Crippen LogP contribution in [0.1, 0.15) is 47.2 Å². The molecule has 0 bridgehead atoms. The third-order valence-corrected chi connectivity index (χ3v) is 5.99. The van der Waals surface area contributed by atoms with Gasteiger partial charge in [-0.25, -0.2) is 4.98 Å². The van der Waals surface area contributed by atoms with Gasteiger partial charge in [-0.05, 0) is 46.2 Å². The maximum Gasteiger partial charge on any atom is 0.0974 e. The molecule has 2 aliphatic rings. The van der Waals surface area contributed by atoms with E-state index >= 15 is 0 Å². The fourth-order valence-corrected chi connectivity index (χ4v) is 4.49. The standard InChI is InChI=1S/C14H22N2OS/c1-10-12(14(9-17)5-6-14)18-13(15-10)11-4-3-7-16(2)8-11/h11,17H,3-9H2,1-2H3. The average Bonchev–Trinajstić information content (AvgIpc) is 3.06. The van der Waals surface area contributed by atoms with Crippen molar-refractivity contribution in [2.45, 2.75) is 43.9 Å². The van der Waals surface area contributed by atoms with Gasteiger partial charge in [-0.1, -0.05) is 0 Å². The molecule has 1 atom stereocenters. The van der Waals surface area contributed by atoms with Gasteiger partial charge in [-0.3, -0.25) is 0 Å². The zero-order valence-corrected chi connectivity index (χ0v) is 12.1. The Balaban J connectivity index is 1.84. The zero-order chi connectivity index (χ0) is 12.8. The number of likely N-dealkylation sites (tertiary alicyclic amines) is 1. The van der Waals surface area contributed by atoms with Crippen LogP contribution in [0.4, 0.5) is 0 Å². The van der Waals surface area contributed by atoms with Gasteiger partial charge in [0.2, 0.25) is 0 Å². The van der Waals surface area contributed by atoms with E-state index in [-0.39, 0.29) is 5.41 Å². The van der Waals surface area contributed by atoms with Crippen LogP contribution >= 0.6 is 11.3 Å². The smallest absolute Gasteiger partial charge is 0.0974 e. The fourth-order valence-electron chi connectivity index (χ4n) is 3.06. The predicted molar refractivity (Wildman–Crippen MR) is 74.3 cm³/mol. The first-order chi connectivity index (χ1) is 8.64. The molecule has 1 aromatic heterocycles. The van der Waals surface area contributed by atoms with Crippen molar-refractivity contribution < 1.29 is 5.11 Å². The highest BCUT2D eigenvalue weighted by Crippen LogP contribution is 2.51. The number of rotatable bonds is 3. The summed E-state index contributed by atoms with van der Waals surface area (Å²) >= 11 is 1.86. The molecule has 1 N–H and O–H groups in total. The number of piperidine rings is 1. The second-order valence-corrected chi connectivity index (χ2v) is 7.04. The van der Waals surface area contributed by atoms with Gasteiger partial charge >= 0.3 is 0 Å². The maximum absolute atomic E-state index is 9.57. The Morgan fingerprint density at radius 2 is 2.28 bits per heavy atom. The van der Waals surface area contributed by atoms with Gasteiger partial charge in [0.15, 0.2) is 0 Å². The molecule has 0 amide bonds. The Morgan fingerprint density at radius 1 is 1.50 bits per heavy atom. The third-order valence-electron chi connectivity index (χ3n) is 4.42. The molecule has 1 saturated carbocycles. The second-order valence-electron chi connectivity index (χ2n) is 6.01. The van der Waals surface area contributed by atoms with Crippen LogP contribution in [0.3, 0.4) is 0 Å². The molecule has 100 valence electrons. The normalized spacial score (nSPS) is 27.4. The van der Waals surface area contributed by atoms with E-state index in [1.54, 1.807) is 0 Å². The first-order valence-electron chi connectivity index (χ1n) is 6.92. The zero-order valence-electron chi connectivity index (χ0n) is 11.3. The molecular formula is C14H22N2OS. The molecule has 1 aliphatic carbocycles. The molecule has 2 heterocycles. The van der Waals surface area contributed by atoms with Crippen molar-refractivity contribution in [3.63, 3.8) is 0 Å². The number of nitrogens with zero attached hydrogens (tertiary/aromatic N) is 2. The molecule has 0 aromatic carbocycles. The van der Waals surface area contributed by atoms with Crippen molar-refractivity contribution in [1.82, 2.24) is 9.88 Å². The van der Waals surface area contributed by atoms with Gasteiger partial charge in [0.25, 0.3) is 0 Å². The minimum atomic E-state index is 0.0839. The van der Waals surface area contributed by atoms with Crippen LogP contribution in [-0.4, -0.2) is 41.7 Å². The summed E-state index contributed by atoms with van der Waals surface area (Å²) in [7, 11) is 2.20. The molecule has 3 nitrogen and oxygen atoms in total. The van der Waals surface area contributed by atoms with E-state index in [1.165, 1.54) is 29.3 Å². The number of aryl methyl sites for hydroxylation is 1. The van der Waals surface area contributed by atoms with Gasteiger partial charge < -0.3 is 10.0 Å². The minimum Gasteiger partial charge on any atom is -0.395 e. The van der Waals surface area contributed by atoms with Crippen LogP contribution in [0.5, 0.6) is 0 Å². The number of aliphatic hydroxyl groups excluding tert-OH is 1. The van der Waals surface area contributed by atoms with Gasteiger partial charge in [-0.2, -0.15) is 0 Å². The molecule has 3 rings (SSSR count). The van der Waals surface area contributed by atoms with E-state index in [0.717, 1.165) is 25.1 Å². The van der Waals surface area contributed by atoms with E-state index < -0.39 is 0 Å². The summed E-state index contributed by atoms with van der Waals surface area (Å²) in [5, 5.41) is 10.9. The minimum absolute atomic E-state index is 0.0839. The van der Waals surface area contributed by atoms with E-state index in [2.05, 4.69) is 18.9 Å². The SMILES string of the molecule is Cc1nc(C2CCCN(C)C2)sc1C1(CO)CC1. The number of thiazole rings is 1. The van der Waals surface area contributed by atoms with Crippen LogP contribution < -0.4 is 0 Å². The number of hydrogen-bond donors (Lipinski definition) is 1. The fraction of sp³-hybridized carbons (Fsp3) is 0.786. The summed E-state index contributed by atoms with van der Waals surface area (Å²) in [4.78, 5) is 8.56. The number of likely N-dealkylation sites (N-methyl/N-ethyl adjacent to an activating group) is 1. The van der Waals surface area contributed by atoms with E-state index in [1.807, 2.05) is 11.3 Å². The summed E-state index contributed by atoms with van der Waals surface area (Å²) in [6, 6.07) is 0. The quantitative estimate of drug-likeness (QED) is 0.912. The molecule has 1 unspecified atom stereocenters. The van der Waals surface area contributed by atoms with Crippen LogP contribution in [0, 0.1) is 6.92 Å². The number of aliphatic hydroxyl groups is 1. The first kappa shape index (κ1) is 12.6. The first-order valence-corrected chi connectivity index (χ1v) is 7.73. The lowest BCUT2D eigenvalue weighted by molar-refractivity contribution is 0.250. The van der Waals surface area contributed by atoms with Gasteiger partial charge in [0.05, 0.1) is 17.3 Å². The van der Waals surface area contributed by atoms with Crippen molar-refractivity contribution in [1.29, 1.82) is 0 Å². The second kappa shape index (κ2) is 4.58. The molecule has 0 spiro atoms. The van der Waals surface area contributed by atoms with Gasteiger partial charge in [-0.15, -0.1) is 11.3 Å². The third kappa shape index (κ3) is 2.10. The Labute approximate surface area is 113 Å².